The van der Waals surface area contributed by atoms with Gasteiger partial charge in [0.2, 0.25) is 0 Å². The largest absolute Gasteiger partial charge is 0.385 e. The number of aliphatic hydroxyl groups is 1. The zero-order chi connectivity index (χ0) is 14.9. The van der Waals surface area contributed by atoms with Crippen molar-refractivity contribution < 1.29 is 9.50 Å². The van der Waals surface area contributed by atoms with E-state index in [1.165, 1.54) is 17.2 Å². The molecule has 21 heavy (non-hydrogen) atoms. The minimum Gasteiger partial charge on any atom is -0.385 e. The summed E-state index contributed by atoms with van der Waals surface area (Å²) in [6.45, 7) is 1.75. The van der Waals surface area contributed by atoms with Crippen molar-refractivity contribution in [2.24, 2.45) is 0 Å². The standard InChI is InChI=1S/C18H20FNO/c1-18(21,15-9-16(19)12-20-11-15)10-14-7-4-6-13-5-2-3-8-17(13)14/h2-3,5,8-9,11-12,14,21H,4,6-7,10H2,1H3. The Kier molecular flexibility index (Phi) is 3.77. The van der Waals surface area contributed by atoms with Gasteiger partial charge in [0.25, 0.3) is 0 Å². The Hall–Kier alpha value is -1.74. The topological polar surface area (TPSA) is 33.1 Å². The van der Waals surface area contributed by atoms with Crippen molar-refractivity contribution >= 4 is 0 Å². The van der Waals surface area contributed by atoms with Gasteiger partial charge in [-0.15, -0.1) is 0 Å². The molecule has 0 fully saturated rings. The number of fused-ring (bicyclic) bond motifs is 1. The molecule has 0 aliphatic heterocycles. The number of hydrogen-bond donors (Lipinski definition) is 1. The van der Waals surface area contributed by atoms with Gasteiger partial charge in [0.15, 0.2) is 0 Å². The predicted molar refractivity (Wildman–Crippen MR) is 80.5 cm³/mol. The normalized spacial score (nSPS) is 20.6. The SMILES string of the molecule is CC(O)(CC1CCCc2ccccc21)c1cncc(F)c1. The Morgan fingerprint density at radius 3 is 2.95 bits per heavy atom. The average Bonchev–Trinajstić information content (AvgIpc) is 2.47. The van der Waals surface area contributed by atoms with Gasteiger partial charge >= 0.3 is 0 Å². The summed E-state index contributed by atoms with van der Waals surface area (Å²) in [5, 5.41) is 10.8. The van der Waals surface area contributed by atoms with Crippen LogP contribution in [0.5, 0.6) is 0 Å². The molecule has 3 heteroatoms. The molecule has 2 atom stereocenters. The van der Waals surface area contributed by atoms with Gasteiger partial charge in [-0.1, -0.05) is 24.3 Å². The third kappa shape index (κ3) is 2.98. The van der Waals surface area contributed by atoms with Crippen LogP contribution in [0.3, 0.4) is 0 Å². The molecule has 110 valence electrons. The van der Waals surface area contributed by atoms with Crippen LogP contribution in [0.2, 0.25) is 0 Å². The fourth-order valence-corrected chi connectivity index (χ4v) is 3.37. The van der Waals surface area contributed by atoms with Crippen LogP contribution in [0.15, 0.2) is 42.7 Å². The maximum atomic E-state index is 13.3. The molecule has 1 heterocycles. The lowest BCUT2D eigenvalue weighted by atomic mass is 9.76. The average molecular weight is 285 g/mol. The summed E-state index contributed by atoms with van der Waals surface area (Å²) in [5.41, 5.74) is 2.19. The van der Waals surface area contributed by atoms with Crippen molar-refractivity contribution in [3.05, 3.63) is 65.2 Å². The van der Waals surface area contributed by atoms with Gasteiger partial charge in [-0.2, -0.15) is 0 Å². The third-order valence-corrected chi connectivity index (χ3v) is 4.46. The second-order valence-corrected chi connectivity index (χ2v) is 6.16. The molecule has 1 aliphatic rings. The molecule has 0 saturated heterocycles. The minimum atomic E-state index is -1.07. The predicted octanol–water partition coefficient (Wildman–Crippen LogP) is 3.94. The lowest BCUT2D eigenvalue weighted by molar-refractivity contribution is 0.0374. The maximum Gasteiger partial charge on any atom is 0.141 e. The molecule has 2 unspecified atom stereocenters. The zero-order valence-corrected chi connectivity index (χ0v) is 12.2. The van der Waals surface area contributed by atoms with E-state index >= 15 is 0 Å². The van der Waals surface area contributed by atoms with Gasteiger partial charge in [0.1, 0.15) is 5.82 Å². The molecule has 1 N–H and O–H groups in total. The first-order valence-electron chi connectivity index (χ1n) is 7.47. The number of rotatable bonds is 3. The number of benzene rings is 1. The van der Waals surface area contributed by atoms with Gasteiger partial charge in [-0.3, -0.25) is 4.98 Å². The lowest BCUT2D eigenvalue weighted by Crippen LogP contribution is -2.26. The monoisotopic (exact) mass is 285 g/mol. The molecule has 0 saturated carbocycles. The summed E-state index contributed by atoms with van der Waals surface area (Å²) in [4.78, 5) is 3.85. The maximum absolute atomic E-state index is 13.3. The van der Waals surface area contributed by atoms with Crippen LogP contribution >= 0.6 is 0 Å². The van der Waals surface area contributed by atoms with Gasteiger partial charge in [0.05, 0.1) is 11.8 Å². The van der Waals surface area contributed by atoms with Crippen molar-refractivity contribution in [2.45, 2.75) is 44.1 Å². The number of pyridine rings is 1. The highest BCUT2D eigenvalue weighted by atomic mass is 19.1. The number of aryl methyl sites for hydroxylation is 1. The van der Waals surface area contributed by atoms with Crippen LogP contribution in [0.25, 0.3) is 0 Å². The molecule has 0 amide bonds. The van der Waals surface area contributed by atoms with Crippen molar-refractivity contribution in [1.82, 2.24) is 4.98 Å². The summed E-state index contributed by atoms with van der Waals surface area (Å²) in [6, 6.07) is 9.81. The molecule has 1 aromatic heterocycles. The van der Waals surface area contributed by atoms with E-state index in [2.05, 4.69) is 29.2 Å². The van der Waals surface area contributed by atoms with Gasteiger partial charge in [-0.25, -0.2) is 4.39 Å². The third-order valence-electron chi connectivity index (χ3n) is 4.46. The molecular weight excluding hydrogens is 265 g/mol. The van der Waals surface area contributed by atoms with E-state index in [1.54, 1.807) is 13.1 Å². The van der Waals surface area contributed by atoms with Crippen LogP contribution in [0.1, 0.15) is 48.8 Å². The molecular formula is C18H20FNO. The number of halogens is 1. The number of nitrogens with zero attached hydrogens (tertiary/aromatic N) is 1. The van der Waals surface area contributed by atoms with Gasteiger partial charge < -0.3 is 5.11 Å². The molecule has 0 bridgehead atoms. The van der Waals surface area contributed by atoms with E-state index in [1.807, 2.05) is 0 Å². The summed E-state index contributed by atoms with van der Waals surface area (Å²) >= 11 is 0. The zero-order valence-electron chi connectivity index (χ0n) is 12.2. The Morgan fingerprint density at radius 1 is 1.33 bits per heavy atom. The fraction of sp³-hybridized carbons (Fsp3) is 0.389. The molecule has 2 aromatic rings. The van der Waals surface area contributed by atoms with E-state index in [-0.39, 0.29) is 0 Å². The Balaban J connectivity index is 1.86. The van der Waals surface area contributed by atoms with Crippen LogP contribution in [-0.2, 0) is 12.0 Å². The van der Waals surface area contributed by atoms with Gasteiger partial charge in [0, 0.05) is 11.8 Å². The highest BCUT2D eigenvalue weighted by Gasteiger charge is 2.31. The summed E-state index contributed by atoms with van der Waals surface area (Å²) in [6.07, 6.45) is 6.62. The van der Waals surface area contributed by atoms with E-state index in [9.17, 15) is 9.50 Å². The van der Waals surface area contributed by atoms with Crippen molar-refractivity contribution in [3.8, 4) is 0 Å². The Morgan fingerprint density at radius 2 is 2.14 bits per heavy atom. The second kappa shape index (κ2) is 5.57. The summed E-state index contributed by atoms with van der Waals surface area (Å²) in [5.74, 6) is -0.0926. The van der Waals surface area contributed by atoms with Crippen LogP contribution in [-0.4, -0.2) is 10.1 Å². The molecule has 1 aliphatic carbocycles. The molecule has 2 nitrogen and oxygen atoms in total. The number of aromatic nitrogens is 1. The molecule has 3 rings (SSSR count). The minimum absolute atomic E-state index is 0.313. The van der Waals surface area contributed by atoms with E-state index in [0.717, 1.165) is 25.5 Å². The Bertz CT molecular complexity index is 639. The number of hydrogen-bond acceptors (Lipinski definition) is 2. The van der Waals surface area contributed by atoms with Crippen LogP contribution < -0.4 is 0 Å². The van der Waals surface area contributed by atoms with Gasteiger partial charge in [-0.05, 0) is 55.7 Å². The van der Waals surface area contributed by atoms with E-state index < -0.39 is 11.4 Å². The molecule has 1 aromatic carbocycles. The first-order chi connectivity index (χ1) is 10.1. The first-order valence-corrected chi connectivity index (χ1v) is 7.47. The fourth-order valence-electron chi connectivity index (χ4n) is 3.37. The summed E-state index contributed by atoms with van der Waals surface area (Å²) < 4.78 is 13.3. The van der Waals surface area contributed by atoms with Crippen molar-refractivity contribution in [1.29, 1.82) is 0 Å². The summed E-state index contributed by atoms with van der Waals surface area (Å²) in [7, 11) is 0. The first kappa shape index (κ1) is 14.2. The Labute approximate surface area is 124 Å². The van der Waals surface area contributed by atoms with Crippen molar-refractivity contribution in [2.75, 3.05) is 0 Å². The molecule has 0 radical (unpaired) electrons. The lowest BCUT2D eigenvalue weighted by Gasteiger charge is -2.32. The van der Waals surface area contributed by atoms with Crippen LogP contribution in [0.4, 0.5) is 4.39 Å². The highest BCUT2D eigenvalue weighted by molar-refractivity contribution is 5.33. The van der Waals surface area contributed by atoms with Crippen molar-refractivity contribution in [3.63, 3.8) is 0 Å². The smallest absolute Gasteiger partial charge is 0.141 e. The highest BCUT2D eigenvalue weighted by Crippen LogP contribution is 2.40. The van der Waals surface area contributed by atoms with E-state index in [4.69, 9.17) is 0 Å². The quantitative estimate of drug-likeness (QED) is 0.926. The van der Waals surface area contributed by atoms with Crippen LogP contribution in [0, 0.1) is 5.82 Å². The second-order valence-electron chi connectivity index (χ2n) is 6.16. The van der Waals surface area contributed by atoms with E-state index in [0.29, 0.717) is 17.9 Å². The molecule has 0 spiro atoms.